The van der Waals surface area contributed by atoms with Gasteiger partial charge in [-0.3, -0.25) is 0 Å². The van der Waals surface area contributed by atoms with Gasteiger partial charge in [0.05, 0.1) is 12.3 Å². The first-order chi connectivity index (χ1) is 11.2. The van der Waals surface area contributed by atoms with Crippen molar-refractivity contribution in [2.75, 3.05) is 13.1 Å². The number of rotatable bonds is 3. The second-order valence-electron chi connectivity index (χ2n) is 6.14. The molecule has 3 heterocycles. The molecule has 5 nitrogen and oxygen atoms in total. The van der Waals surface area contributed by atoms with Crippen LogP contribution in [0.5, 0.6) is 0 Å². The van der Waals surface area contributed by atoms with Crippen molar-refractivity contribution in [2.24, 2.45) is 0 Å². The highest BCUT2D eigenvalue weighted by atomic mass is 32.2. The lowest BCUT2D eigenvalue weighted by atomic mass is 10.0. The number of hydrogen-bond donors (Lipinski definition) is 0. The molecule has 1 saturated heterocycles. The van der Waals surface area contributed by atoms with E-state index in [1.165, 1.54) is 5.56 Å². The maximum Gasteiger partial charge on any atom is 0.282 e. The molecule has 2 aliphatic heterocycles. The van der Waals surface area contributed by atoms with Gasteiger partial charge in [-0.15, -0.1) is 0 Å². The van der Waals surface area contributed by atoms with E-state index in [2.05, 4.69) is 6.07 Å². The van der Waals surface area contributed by atoms with Gasteiger partial charge in [-0.1, -0.05) is 24.3 Å². The fourth-order valence-electron chi connectivity index (χ4n) is 3.60. The Bertz CT molecular complexity index is 786. The number of fused-ring (bicyclic) bond motifs is 1. The minimum atomic E-state index is -3.47. The molecule has 2 aromatic rings. The van der Waals surface area contributed by atoms with E-state index in [1.807, 2.05) is 30.3 Å². The number of benzene rings is 1. The predicted molar refractivity (Wildman–Crippen MR) is 86.9 cm³/mol. The molecule has 122 valence electrons. The third-order valence-corrected chi connectivity index (χ3v) is 6.79. The van der Waals surface area contributed by atoms with E-state index < -0.39 is 10.2 Å². The van der Waals surface area contributed by atoms with E-state index in [1.54, 1.807) is 14.9 Å². The monoisotopic (exact) mass is 332 g/mol. The highest BCUT2D eigenvalue weighted by Crippen LogP contribution is 2.36. The zero-order valence-corrected chi connectivity index (χ0v) is 13.7. The molecule has 1 aromatic carbocycles. The van der Waals surface area contributed by atoms with E-state index in [0.29, 0.717) is 19.6 Å². The van der Waals surface area contributed by atoms with Crippen molar-refractivity contribution in [3.8, 4) is 0 Å². The Hall–Kier alpha value is -1.63. The molecule has 0 N–H and O–H groups in total. The summed E-state index contributed by atoms with van der Waals surface area (Å²) < 4.78 is 34.9. The van der Waals surface area contributed by atoms with Gasteiger partial charge >= 0.3 is 0 Å². The van der Waals surface area contributed by atoms with Crippen molar-refractivity contribution in [3.05, 3.63) is 59.5 Å². The zero-order valence-electron chi connectivity index (χ0n) is 12.9. The number of furan rings is 1. The maximum atomic E-state index is 13.1. The SMILES string of the molecule is O=S(=O)(N1CCc2ccccc2C1)N1CCC[C@@H]1c1ccco1. The lowest BCUT2D eigenvalue weighted by Crippen LogP contribution is -2.45. The van der Waals surface area contributed by atoms with Crippen LogP contribution >= 0.6 is 0 Å². The highest BCUT2D eigenvalue weighted by molar-refractivity contribution is 7.86. The molecule has 2 aliphatic rings. The lowest BCUT2D eigenvalue weighted by Gasteiger charge is -2.33. The average Bonchev–Trinajstić information content (AvgIpc) is 3.25. The summed E-state index contributed by atoms with van der Waals surface area (Å²) in [4.78, 5) is 0. The van der Waals surface area contributed by atoms with E-state index in [9.17, 15) is 8.42 Å². The molecule has 4 rings (SSSR count). The van der Waals surface area contributed by atoms with Crippen LogP contribution in [0, 0.1) is 0 Å². The van der Waals surface area contributed by atoms with Gasteiger partial charge in [-0.2, -0.15) is 17.0 Å². The summed E-state index contributed by atoms with van der Waals surface area (Å²) in [7, 11) is -3.47. The molecule has 0 spiro atoms. The molecule has 23 heavy (non-hydrogen) atoms. The predicted octanol–water partition coefficient (Wildman–Crippen LogP) is 2.72. The summed E-state index contributed by atoms with van der Waals surface area (Å²) in [5, 5.41) is 0. The number of nitrogens with zero attached hydrogens (tertiary/aromatic N) is 2. The summed E-state index contributed by atoms with van der Waals surface area (Å²) >= 11 is 0. The summed E-state index contributed by atoms with van der Waals surface area (Å²) in [5.41, 5.74) is 2.36. The van der Waals surface area contributed by atoms with Crippen LogP contribution in [-0.2, 0) is 23.2 Å². The molecular weight excluding hydrogens is 312 g/mol. The molecule has 0 bridgehead atoms. The third-order valence-electron chi connectivity index (χ3n) is 4.79. The van der Waals surface area contributed by atoms with Gasteiger partial charge in [0.15, 0.2) is 0 Å². The molecule has 0 unspecified atom stereocenters. The van der Waals surface area contributed by atoms with Crippen molar-refractivity contribution in [3.63, 3.8) is 0 Å². The van der Waals surface area contributed by atoms with Gasteiger partial charge in [0.1, 0.15) is 5.76 Å². The van der Waals surface area contributed by atoms with E-state index >= 15 is 0 Å². The van der Waals surface area contributed by atoms with Crippen LogP contribution in [0.3, 0.4) is 0 Å². The molecule has 0 saturated carbocycles. The Kier molecular flexibility index (Phi) is 3.75. The minimum absolute atomic E-state index is 0.174. The van der Waals surface area contributed by atoms with Crippen molar-refractivity contribution < 1.29 is 12.8 Å². The summed E-state index contributed by atoms with van der Waals surface area (Å²) in [6.07, 6.45) is 4.07. The van der Waals surface area contributed by atoms with Crippen molar-refractivity contribution in [1.29, 1.82) is 0 Å². The zero-order chi connectivity index (χ0) is 15.9. The van der Waals surface area contributed by atoms with Gasteiger partial charge in [-0.25, -0.2) is 0 Å². The topological polar surface area (TPSA) is 53.8 Å². The van der Waals surface area contributed by atoms with Crippen molar-refractivity contribution in [2.45, 2.75) is 31.8 Å². The fourth-order valence-corrected chi connectivity index (χ4v) is 5.41. The average molecular weight is 332 g/mol. The Balaban J connectivity index is 1.61. The van der Waals surface area contributed by atoms with Gasteiger partial charge in [0.25, 0.3) is 10.2 Å². The quantitative estimate of drug-likeness (QED) is 0.868. The van der Waals surface area contributed by atoms with Gasteiger partial charge in [0, 0.05) is 19.6 Å². The van der Waals surface area contributed by atoms with Gasteiger partial charge < -0.3 is 4.42 Å². The Morgan fingerprint density at radius 2 is 1.87 bits per heavy atom. The first-order valence-electron chi connectivity index (χ1n) is 8.03. The second kappa shape index (κ2) is 5.78. The van der Waals surface area contributed by atoms with Crippen LogP contribution in [0.4, 0.5) is 0 Å². The van der Waals surface area contributed by atoms with Crippen LogP contribution in [0.1, 0.15) is 35.8 Å². The Morgan fingerprint density at radius 3 is 2.65 bits per heavy atom. The molecule has 0 aliphatic carbocycles. The second-order valence-corrected chi connectivity index (χ2v) is 8.03. The maximum absolute atomic E-state index is 13.1. The Labute approximate surface area is 136 Å². The molecule has 1 atom stereocenters. The molecule has 6 heteroatoms. The first kappa shape index (κ1) is 14.9. The molecular formula is C17H20N2O3S. The molecule has 0 radical (unpaired) electrons. The number of hydrogen-bond acceptors (Lipinski definition) is 3. The van der Waals surface area contributed by atoms with E-state index in [-0.39, 0.29) is 6.04 Å². The Morgan fingerprint density at radius 1 is 1.04 bits per heavy atom. The van der Waals surface area contributed by atoms with Gasteiger partial charge in [-0.05, 0) is 42.5 Å². The van der Waals surface area contributed by atoms with Crippen LogP contribution < -0.4 is 0 Å². The summed E-state index contributed by atoms with van der Waals surface area (Å²) in [6.45, 7) is 1.56. The molecule has 1 aromatic heterocycles. The van der Waals surface area contributed by atoms with E-state index in [0.717, 1.165) is 30.6 Å². The summed E-state index contributed by atoms with van der Waals surface area (Å²) in [6, 6.07) is 11.6. The standard InChI is InChI=1S/C17H20N2O3S/c20-23(21,18-11-9-14-5-1-2-6-15(14)13-18)19-10-3-7-16(19)17-8-4-12-22-17/h1-2,4-6,8,12,16H,3,7,9-11,13H2/t16-/m1/s1. The van der Waals surface area contributed by atoms with Crippen molar-refractivity contribution in [1.82, 2.24) is 8.61 Å². The smallest absolute Gasteiger partial charge is 0.282 e. The first-order valence-corrected chi connectivity index (χ1v) is 9.43. The van der Waals surface area contributed by atoms with Crippen LogP contribution in [-0.4, -0.2) is 30.1 Å². The van der Waals surface area contributed by atoms with Crippen LogP contribution in [0.15, 0.2) is 47.1 Å². The third kappa shape index (κ3) is 2.60. The molecule has 0 amide bonds. The van der Waals surface area contributed by atoms with E-state index in [4.69, 9.17) is 4.42 Å². The molecule has 1 fully saturated rings. The highest BCUT2D eigenvalue weighted by Gasteiger charge is 2.40. The summed E-state index contributed by atoms with van der Waals surface area (Å²) in [5.74, 6) is 0.739. The van der Waals surface area contributed by atoms with Crippen LogP contribution in [0.25, 0.3) is 0 Å². The fraction of sp³-hybridized carbons (Fsp3) is 0.412. The largest absolute Gasteiger partial charge is 0.468 e. The van der Waals surface area contributed by atoms with Gasteiger partial charge in [0.2, 0.25) is 0 Å². The minimum Gasteiger partial charge on any atom is -0.468 e. The normalized spacial score (nSPS) is 23.0. The lowest BCUT2D eigenvalue weighted by molar-refractivity contribution is 0.294. The van der Waals surface area contributed by atoms with Crippen molar-refractivity contribution >= 4 is 10.2 Å². The van der Waals surface area contributed by atoms with Crippen LogP contribution in [0.2, 0.25) is 0 Å².